The number of anilines is 1. The molecule has 0 saturated carbocycles. The lowest BCUT2D eigenvalue weighted by molar-refractivity contribution is -0.384. The van der Waals surface area contributed by atoms with E-state index < -0.39 is 4.92 Å². The average molecular weight is 316 g/mol. The Labute approximate surface area is 127 Å². The number of methoxy groups -OCH3 is 1. The van der Waals surface area contributed by atoms with Crippen molar-refractivity contribution >= 4 is 28.9 Å². The number of halogens is 1. The first-order valence-electron chi connectivity index (χ1n) is 6.39. The minimum atomic E-state index is -0.525. The summed E-state index contributed by atoms with van der Waals surface area (Å²) in [6.45, 7) is 3.09. The van der Waals surface area contributed by atoms with Crippen LogP contribution in [0.1, 0.15) is 12.0 Å². The average Bonchev–Trinajstić information content (AvgIpc) is 2.42. The van der Waals surface area contributed by atoms with E-state index in [1.807, 2.05) is 0 Å². The molecule has 0 bridgehead atoms. The minimum absolute atomic E-state index is 0.0673. The molecular weight excluding hydrogens is 298 g/mol. The number of hydrogen-bond donors (Lipinski definition) is 2. The molecule has 0 aliphatic heterocycles. The highest BCUT2D eigenvalue weighted by atomic mass is 35.5. The second kappa shape index (κ2) is 8.43. The number of carbonyl (C=O) groups is 1. The second-order valence-corrected chi connectivity index (χ2v) is 4.80. The first-order valence-corrected chi connectivity index (χ1v) is 6.77. The fourth-order valence-electron chi connectivity index (χ4n) is 1.69. The fraction of sp³-hybridized carbons (Fsp3) is 0.462. The van der Waals surface area contributed by atoms with Crippen molar-refractivity contribution in [2.45, 2.75) is 13.3 Å². The van der Waals surface area contributed by atoms with Crippen molar-refractivity contribution in [2.24, 2.45) is 0 Å². The highest BCUT2D eigenvalue weighted by Gasteiger charge is 2.14. The van der Waals surface area contributed by atoms with Gasteiger partial charge >= 0.3 is 0 Å². The smallest absolute Gasteiger partial charge is 0.288 e. The summed E-state index contributed by atoms with van der Waals surface area (Å²) in [5.74, 6) is -0.0924. The predicted octanol–water partition coefficient (Wildman–Crippen LogP) is 2.12. The van der Waals surface area contributed by atoms with Crippen molar-refractivity contribution in [3.8, 4) is 0 Å². The van der Waals surface area contributed by atoms with Crippen molar-refractivity contribution in [2.75, 3.05) is 32.1 Å². The van der Waals surface area contributed by atoms with Crippen LogP contribution in [0.15, 0.2) is 12.1 Å². The number of carbonyl (C=O) groups excluding carboxylic acids is 1. The van der Waals surface area contributed by atoms with Crippen LogP contribution in [-0.2, 0) is 9.53 Å². The molecule has 1 aromatic rings. The Bertz CT molecular complexity index is 522. The lowest BCUT2D eigenvalue weighted by Gasteiger charge is -2.10. The molecular formula is C13H18ClN3O4. The van der Waals surface area contributed by atoms with Gasteiger partial charge in [0.2, 0.25) is 5.91 Å². The van der Waals surface area contributed by atoms with E-state index in [0.29, 0.717) is 30.9 Å². The van der Waals surface area contributed by atoms with Gasteiger partial charge in [-0.2, -0.15) is 0 Å². The van der Waals surface area contributed by atoms with Gasteiger partial charge in [-0.25, -0.2) is 0 Å². The standard InChI is InChI=1S/C13H18ClN3O4/c1-9-7-12(17(19)20)10(14)8-11(9)15-4-3-13(18)16-5-6-21-2/h7-8,15H,3-6H2,1-2H3,(H,16,18). The maximum Gasteiger partial charge on any atom is 0.288 e. The van der Waals surface area contributed by atoms with Crippen molar-refractivity contribution < 1.29 is 14.5 Å². The Morgan fingerprint density at radius 2 is 2.14 bits per heavy atom. The molecule has 0 spiro atoms. The predicted molar refractivity (Wildman–Crippen MR) is 80.8 cm³/mol. The van der Waals surface area contributed by atoms with E-state index in [0.717, 1.165) is 0 Å². The van der Waals surface area contributed by atoms with Crippen molar-refractivity contribution in [3.05, 3.63) is 32.8 Å². The van der Waals surface area contributed by atoms with E-state index in [2.05, 4.69) is 10.6 Å². The van der Waals surface area contributed by atoms with Gasteiger partial charge in [-0.3, -0.25) is 14.9 Å². The number of amides is 1. The molecule has 0 saturated heterocycles. The Hall–Kier alpha value is -1.86. The lowest BCUT2D eigenvalue weighted by atomic mass is 10.1. The summed E-state index contributed by atoms with van der Waals surface area (Å²) in [5.41, 5.74) is 1.25. The molecule has 7 nitrogen and oxygen atoms in total. The van der Waals surface area contributed by atoms with Gasteiger partial charge in [0.15, 0.2) is 0 Å². The third kappa shape index (κ3) is 5.57. The van der Waals surface area contributed by atoms with Gasteiger partial charge in [-0.05, 0) is 18.6 Å². The Morgan fingerprint density at radius 1 is 1.43 bits per heavy atom. The zero-order chi connectivity index (χ0) is 15.8. The number of nitro benzene ring substituents is 1. The number of ether oxygens (including phenoxy) is 1. The molecule has 0 aromatic heterocycles. The maximum absolute atomic E-state index is 11.5. The molecule has 8 heteroatoms. The zero-order valence-electron chi connectivity index (χ0n) is 11.9. The van der Waals surface area contributed by atoms with Crippen molar-refractivity contribution in [3.63, 3.8) is 0 Å². The summed E-state index contributed by atoms with van der Waals surface area (Å²) in [5, 5.41) is 16.6. The molecule has 1 amide bonds. The monoisotopic (exact) mass is 315 g/mol. The van der Waals surface area contributed by atoms with Crippen LogP contribution in [0.25, 0.3) is 0 Å². The number of benzene rings is 1. The number of nitro groups is 1. The largest absolute Gasteiger partial charge is 0.384 e. The van der Waals surface area contributed by atoms with Gasteiger partial charge in [0, 0.05) is 38.4 Å². The van der Waals surface area contributed by atoms with Crippen LogP contribution in [0.5, 0.6) is 0 Å². The van der Waals surface area contributed by atoms with Crippen LogP contribution in [0.3, 0.4) is 0 Å². The number of rotatable bonds is 8. The molecule has 1 aromatic carbocycles. The molecule has 21 heavy (non-hydrogen) atoms. The maximum atomic E-state index is 11.5. The van der Waals surface area contributed by atoms with E-state index in [4.69, 9.17) is 16.3 Å². The third-order valence-electron chi connectivity index (χ3n) is 2.79. The van der Waals surface area contributed by atoms with Gasteiger partial charge in [0.05, 0.1) is 11.5 Å². The normalized spacial score (nSPS) is 10.2. The van der Waals surface area contributed by atoms with E-state index in [1.54, 1.807) is 14.0 Å². The molecule has 0 fully saturated rings. The van der Waals surface area contributed by atoms with Gasteiger partial charge in [0.25, 0.3) is 5.69 Å². The Morgan fingerprint density at radius 3 is 2.76 bits per heavy atom. The molecule has 0 radical (unpaired) electrons. The first-order chi connectivity index (χ1) is 9.95. The number of hydrogen-bond acceptors (Lipinski definition) is 5. The summed E-state index contributed by atoms with van der Waals surface area (Å²) < 4.78 is 4.83. The van der Waals surface area contributed by atoms with Crippen LogP contribution in [0.2, 0.25) is 5.02 Å². The summed E-state index contributed by atoms with van der Waals surface area (Å²) in [7, 11) is 1.56. The van der Waals surface area contributed by atoms with Crippen LogP contribution in [-0.4, -0.2) is 37.6 Å². The van der Waals surface area contributed by atoms with E-state index in [-0.39, 0.29) is 23.0 Å². The summed E-state index contributed by atoms with van der Waals surface area (Å²) in [6.07, 6.45) is 0.289. The Kier molecular flexibility index (Phi) is 6.90. The second-order valence-electron chi connectivity index (χ2n) is 4.40. The molecule has 0 heterocycles. The van der Waals surface area contributed by atoms with Gasteiger partial charge in [0.1, 0.15) is 5.02 Å². The van der Waals surface area contributed by atoms with E-state index in [1.165, 1.54) is 12.1 Å². The number of nitrogens with one attached hydrogen (secondary N) is 2. The summed E-state index contributed by atoms with van der Waals surface area (Å²) >= 11 is 5.85. The number of nitrogens with zero attached hydrogens (tertiary/aromatic N) is 1. The quantitative estimate of drug-likeness (QED) is 0.435. The molecule has 0 aliphatic carbocycles. The van der Waals surface area contributed by atoms with Gasteiger partial charge in [-0.1, -0.05) is 11.6 Å². The molecule has 116 valence electrons. The minimum Gasteiger partial charge on any atom is -0.384 e. The molecule has 0 atom stereocenters. The van der Waals surface area contributed by atoms with Gasteiger partial charge in [-0.15, -0.1) is 0 Å². The fourth-order valence-corrected chi connectivity index (χ4v) is 1.92. The molecule has 2 N–H and O–H groups in total. The third-order valence-corrected chi connectivity index (χ3v) is 3.09. The zero-order valence-corrected chi connectivity index (χ0v) is 12.7. The van der Waals surface area contributed by atoms with Crippen LogP contribution in [0, 0.1) is 17.0 Å². The summed E-state index contributed by atoms with van der Waals surface area (Å²) in [4.78, 5) is 21.7. The molecule has 1 rings (SSSR count). The highest BCUT2D eigenvalue weighted by Crippen LogP contribution is 2.30. The molecule has 0 aliphatic rings. The Balaban J connectivity index is 2.51. The van der Waals surface area contributed by atoms with E-state index >= 15 is 0 Å². The van der Waals surface area contributed by atoms with Crippen LogP contribution < -0.4 is 10.6 Å². The van der Waals surface area contributed by atoms with E-state index in [9.17, 15) is 14.9 Å². The van der Waals surface area contributed by atoms with Crippen molar-refractivity contribution in [1.82, 2.24) is 5.32 Å². The number of aryl methyl sites for hydroxylation is 1. The van der Waals surface area contributed by atoms with Crippen molar-refractivity contribution in [1.29, 1.82) is 0 Å². The first kappa shape index (κ1) is 17.2. The van der Waals surface area contributed by atoms with Gasteiger partial charge < -0.3 is 15.4 Å². The highest BCUT2D eigenvalue weighted by molar-refractivity contribution is 6.33. The summed E-state index contributed by atoms with van der Waals surface area (Å²) in [6, 6.07) is 2.90. The van der Waals surface area contributed by atoms with Crippen LogP contribution >= 0.6 is 11.6 Å². The lowest BCUT2D eigenvalue weighted by Crippen LogP contribution is -2.28. The molecule has 0 unspecified atom stereocenters. The topological polar surface area (TPSA) is 93.5 Å². The van der Waals surface area contributed by atoms with Crippen LogP contribution in [0.4, 0.5) is 11.4 Å². The SMILES string of the molecule is COCCNC(=O)CCNc1cc(Cl)c([N+](=O)[O-])cc1C.